The van der Waals surface area contributed by atoms with E-state index in [-0.39, 0.29) is 0 Å². The number of ether oxygens (including phenoxy) is 1. The molecule has 0 atom stereocenters. The van der Waals surface area contributed by atoms with E-state index in [4.69, 9.17) is 4.74 Å². The standard InChI is InChI=1S/C17H24NO/c1-13(12-18(2,3)4)16-8-6-7-14-11-15(19-5)9-10-17(14)16/h8-11H,1,6-7,12H2,2-5H3/q+1. The van der Waals surface area contributed by atoms with E-state index in [1.165, 1.54) is 22.3 Å². The zero-order valence-electron chi connectivity index (χ0n) is 12.5. The molecule has 0 saturated heterocycles. The first kappa shape index (κ1) is 13.9. The highest BCUT2D eigenvalue weighted by atomic mass is 16.5. The summed E-state index contributed by atoms with van der Waals surface area (Å²) in [5, 5.41) is 0. The molecule has 1 aliphatic carbocycles. The normalized spacial score (nSPS) is 14.6. The number of benzene rings is 1. The number of rotatable bonds is 4. The van der Waals surface area contributed by atoms with E-state index in [0.29, 0.717) is 0 Å². The van der Waals surface area contributed by atoms with Gasteiger partial charge in [0.25, 0.3) is 0 Å². The highest BCUT2D eigenvalue weighted by Crippen LogP contribution is 2.33. The summed E-state index contributed by atoms with van der Waals surface area (Å²) >= 11 is 0. The number of quaternary nitrogens is 1. The van der Waals surface area contributed by atoms with Crippen molar-refractivity contribution in [1.29, 1.82) is 0 Å². The number of allylic oxidation sites excluding steroid dienone is 1. The van der Waals surface area contributed by atoms with Gasteiger partial charge in [-0.25, -0.2) is 0 Å². The minimum absolute atomic E-state index is 0.904. The van der Waals surface area contributed by atoms with Gasteiger partial charge >= 0.3 is 0 Å². The van der Waals surface area contributed by atoms with Gasteiger partial charge in [0.2, 0.25) is 0 Å². The predicted octanol–water partition coefficient (Wildman–Crippen LogP) is 3.29. The van der Waals surface area contributed by atoms with Crippen molar-refractivity contribution in [1.82, 2.24) is 0 Å². The monoisotopic (exact) mass is 258 g/mol. The van der Waals surface area contributed by atoms with Gasteiger partial charge in [0.1, 0.15) is 12.3 Å². The maximum absolute atomic E-state index is 5.31. The lowest BCUT2D eigenvalue weighted by Gasteiger charge is -2.27. The second-order valence-electron chi connectivity index (χ2n) is 6.23. The van der Waals surface area contributed by atoms with Gasteiger partial charge in [-0.3, -0.25) is 0 Å². The van der Waals surface area contributed by atoms with Crippen molar-refractivity contribution in [2.45, 2.75) is 12.8 Å². The largest absolute Gasteiger partial charge is 0.497 e. The molecule has 0 spiro atoms. The SMILES string of the molecule is C=C(C[N+](C)(C)C)C1=CCCc2cc(OC)ccc21. The summed E-state index contributed by atoms with van der Waals surface area (Å²) in [5.74, 6) is 0.942. The van der Waals surface area contributed by atoms with Crippen LogP contribution in [-0.2, 0) is 6.42 Å². The first-order valence-electron chi connectivity index (χ1n) is 6.77. The van der Waals surface area contributed by atoms with E-state index in [9.17, 15) is 0 Å². The van der Waals surface area contributed by atoms with Gasteiger partial charge < -0.3 is 9.22 Å². The quantitative estimate of drug-likeness (QED) is 0.753. The molecule has 2 nitrogen and oxygen atoms in total. The molecule has 102 valence electrons. The van der Waals surface area contributed by atoms with Crippen LogP contribution in [0.4, 0.5) is 0 Å². The number of fused-ring (bicyclic) bond motifs is 1. The fourth-order valence-electron chi connectivity index (χ4n) is 2.64. The van der Waals surface area contributed by atoms with Gasteiger partial charge in [-0.15, -0.1) is 0 Å². The van der Waals surface area contributed by atoms with Crippen LogP contribution in [0.15, 0.2) is 36.4 Å². The van der Waals surface area contributed by atoms with E-state index in [2.05, 4.69) is 45.9 Å². The summed E-state index contributed by atoms with van der Waals surface area (Å²) in [6.07, 6.45) is 4.51. The van der Waals surface area contributed by atoms with Gasteiger partial charge in [0, 0.05) is 5.57 Å². The number of likely N-dealkylation sites (N-methyl/N-ethyl adjacent to an activating group) is 1. The van der Waals surface area contributed by atoms with Crippen LogP contribution in [0.1, 0.15) is 17.5 Å². The second kappa shape index (κ2) is 5.22. The predicted molar refractivity (Wildman–Crippen MR) is 81.3 cm³/mol. The third kappa shape index (κ3) is 3.27. The zero-order chi connectivity index (χ0) is 14.0. The third-order valence-electron chi connectivity index (χ3n) is 3.41. The molecule has 2 rings (SSSR count). The molecular weight excluding hydrogens is 234 g/mol. The zero-order valence-corrected chi connectivity index (χ0v) is 12.5. The molecule has 0 aliphatic heterocycles. The molecular formula is C17H24NO+. The van der Waals surface area contributed by atoms with Crippen LogP contribution in [0.5, 0.6) is 5.75 Å². The topological polar surface area (TPSA) is 9.23 Å². The van der Waals surface area contributed by atoms with Crippen molar-refractivity contribution in [3.8, 4) is 5.75 Å². The highest BCUT2D eigenvalue weighted by Gasteiger charge is 2.19. The Morgan fingerprint density at radius 2 is 2.05 bits per heavy atom. The van der Waals surface area contributed by atoms with Crippen LogP contribution in [0.25, 0.3) is 5.57 Å². The number of aryl methyl sites for hydroxylation is 1. The van der Waals surface area contributed by atoms with Crippen LogP contribution in [-0.4, -0.2) is 39.3 Å². The first-order valence-corrected chi connectivity index (χ1v) is 6.77. The molecule has 1 aromatic rings. The lowest BCUT2D eigenvalue weighted by atomic mass is 9.87. The molecule has 1 aromatic carbocycles. The average Bonchev–Trinajstić information content (AvgIpc) is 2.35. The number of methoxy groups -OCH3 is 1. The Morgan fingerprint density at radius 3 is 2.68 bits per heavy atom. The Hall–Kier alpha value is -1.54. The molecule has 19 heavy (non-hydrogen) atoms. The molecule has 0 saturated carbocycles. The van der Waals surface area contributed by atoms with Crippen LogP contribution in [0.3, 0.4) is 0 Å². The van der Waals surface area contributed by atoms with E-state index in [1.807, 2.05) is 6.07 Å². The van der Waals surface area contributed by atoms with Gasteiger partial charge in [-0.05, 0) is 41.7 Å². The van der Waals surface area contributed by atoms with Crippen molar-refractivity contribution >= 4 is 5.57 Å². The van der Waals surface area contributed by atoms with Crippen molar-refractivity contribution in [2.24, 2.45) is 0 Å². The Bertz CT molecular complexity index is 521. The van der Waals surface area contributed by atoms with Gasteiger partial charge in [-0.2, -0.15) is 0 Å². The van der Waals surface area contributed by atoms with Gasteiger partial charge in [0.15, 0.2) is 0 Å². The Kier molecular flexibility index (Phi) is 3.81. The first-order chi connectivity index (χ1) is 8.90. The molecule has 0 aromatic heterocycles. The van der Waals surface area contributed by atoms with E-state index in [0.717, 1.165) is 29.6 Å². The summed E-state index contributed by atoms with van der Waals surface area (Å²) in [6, 6.07) is 6.36. The Morgan fingerprint density at radius 1 is 1.32 bits per heavy atom. The van der Waals surface area contributed by atoms with E-state index < -0.39 is 0 Å². The van der Waals surface area contributed by atoms with Crippen molar-refractivity contribution in [2.75, 3.05) is 34.8 Å². The molecule has 0 N–H and O–H groups in total. The molecule has 0 unspecified atom stereocenters. The van der Waals surface area contributed by atoms with Crippen molar-refractivity contribution in [3.63, 3.8) is 0 Å². The molecule has 0 amide bonds. The molecule has 2 heteroatoms. The summed E-state index contributed by atoms with van der Waals surface area (Å²) in [7, 11) is 8.31. The lowest BCUT2D eigenvalue weighted by Crippen LogP contribution is -2.36. The van der Waals surface area contributed by atoms with Crippen LogP contribution >= 0.6 is 0 Å². The summed E-state index contributed by atoms with van der Waals surface area (Å²) in [6.45, 7) is 5.26. The summed E-state index contributed by atoms with van der Waals surface area (Å²) in [5.41, 5.74) is 5.24. The fraction of sp³-hybridized carbons (Fsp3) is 0.412. The minimum Gasteiger partial charge on any atom is -0.497 e. The summed E-state index contributed by atoms with van der Waals surface area (Å²) in [4.78, 5) is 0. The minimum atomic E-state index is 0.904. The third-order valence-corrected chi connectivity index (χ3v) is 3.41. The van der Waals surface area contributed by atoms with Gasteiger partial charge in [-0.1, -0.05) is 18.7 Å². The van der Waals surface area contributed by atoms with Crippen molar-refractivity contribution in [3.05, 3.63) is 47.6 Å². The van der Waals surface area contributed by atoms with Crippen LogP contribution < -0.4 is 4.74 Å². The number of hydrogen-bond acceptors (Lipinski definition) is 1. The maximum atomic E-state index is 5.31. The Labute approximate surface area is 116 Å². The molecule has 1 aliphatic rings. The lowest BCUT2D eigenvalue weighted by molar-refractivity contribution is -0.865. The smallest absolute Gasteiger partial charge is 0.119 e. The van der Waals surface area contributed by atoms with Crippen molar-refractivity contribution < 1.29 is 9.22 Å². The maximum Gasteiger partial charge on any atom is 0.119 e. The van der Waals surface area contributed by atoms with E-state index in [1.54, 1.807) is 7.11 Å². The Balaban J connectivity index is 2.30. The number of nitrogens with zero attached hydrogens (tertiary/aromatic N) is 1. The highest BCUT2D eigenvalue weighted by molar-refractivity contribution is 5.81. The van der Waals surface area contributed by atoms with Crippen LogP contribution in [0, 0.1) is 0 Å². The number of hydrogen-bond donors (Lipinski definition) is 0. The molecule has 0 heterocycles. The molecule has 0 fully saturated rings. The second-order valence-corrected chi connectivity index (χ2v) is 6.23. The van der Waals surface area contributed by atoms with E-state index >= 15 is 0 Å². The molecule has 0 radical (unpaired) electrons. The van der Waals surface area contributed by atoms with Crippen LogP contribution in [0.2, 0.25) is 0 Å². The summed E-state index contributed by atoms with van der Waals surface area (Å²) < 4.78 is 6.22. The average molecular weight is 258 g/mol. The van der Waals surface area contributed by atoms with Gasteiger partial charge in [0.05, 0.1) is 28.3 Å². The molecule has 0 bridgehead atoms. The fourth-order valence-corrected chi connectivity index (χ4v) is 2.64.